The van der Waals surface area contributed by atoms with Gasteiger partial charge in [-0.3, -0.25) is 15.2 Å². The molecule has 0 aliphatic carbocycles. The van der Waals surface area contributed by atoms with Crippen molar-refractivity contribution in [1.82, 2.24) is 15.2 Å². The first-order valence-electron chi connectivity index (χ1n) is 6.36. The monoisotopic (exact) mass is 335 g/mol. The van der Waals surface area contributed by atoms with Gasteiger partial charge in [0, 0.05) is 6.20 Å². The van der Waals surface area contributed by atoms with E-state index in [2.05, 4.69) is 9.72 Å². The van der Waals surface area contributed by atoms with Crippen LogP contribution in [0.2, 0.25) is 0 Å². The highest BCUT2D eigenvalue weighted by molar-refractivity contribution is 7.89. The number of nitrogens with zero attached hydrogens (tertiary/aromatic N) is 1. The van der Waals surface area contributed by atoms with Gasteiger partial charge in [0.2, 0.25) is 0 Å². The molecule has 9 heteroatoms. The second-order valence-corrected chi connectivity index (χ2v) is 5.91. The van der Waals surface area contributed by atoms with E-state index < -0.39 is 21.9 Å². The number of methoxy groups -OCH3 is 1. The van der Waals surface area contributed by atoms with Gasteiger partial charge in [-0.15, -0.1) is 4.83 Å². The molecule has 0 atom stereocenters. The summed E-state index contributed by atoms with van der Waals surface area (Å²) in [6.45, 7) is 0. The minimum Gasteiger partial charge on any atom is -0.465 e. The molecule has 0 aliphatic heterocycles. The summed E-state index contributed by atoms with van der Waals surface area (Å²) in [5, 5.41) is 0. The van der Waals surface area contributed by atoms with Crippen molar-refractivity contribution in [2.75, 3.05) is 7.11 Å². The summed E-state index contributed by atoms with van der Waals surface area (Å²) in [6.07, 6.45) is 1.40. The Hall–Kier alpha value is -2.78. The van der Waals surface area contributed by atoms with E-state index >= 15 is 0 Å². The summed E-state index contributed by atoms with van der Waals surface area (Å²) >= 11 is 0. The predicted molar refractivity (Wildman–Crippen MR) is 79.8 cm³/mol. The number of esters is 1. The van der Waals surface area contributed by atoms with Crippen molar-refractivity contribution >= 4 is 21.9 Å². The highest BCUT2D eigenvalue weighted by Crippen LogP contribution is 2.15. The predicted octanol–water partition coefficient (Wildman–Crippen LogP) is 0.491. The normalized spacial score (nSPS) is 10.8. The number of benzene rings is 1. The van der Waals surface area contributed by atoms with Gasteiger partial charge in [0.1, 0.15) is 5.69 Å². The highest BCUT2D eigenvalue weighted by Gasteiger charge is 2.23. The molecule has 2 rings (SSSR count). The van der Waals surface area contributed by atoms with Crippen LogP contribution in [-0.4, -0.2) is 32.4 Å². The van der Waals surface area contributed by atoms with Gasteiger partial charge in [-0.1, -0.05) is 18.2 Å². The number of carbonyl (C=O) groups is 2. The SMILES string of the molecule is COC(=O)c1ccccc1S(=O)(=O)NNC(=O)c1ccccn1. The maximum atomic E-state index is 12.3. The number of hydrogen-bond acceptors (Lipinski definition) is 6. The zero-order valence-electron chi connectivity index (χ0n) is 12.0. The van der Waals surface area contributed by atoms with E-state index in [1.807, 2.05) is 10.3 Å². The van der Waals surface area contributed by atoms with Gasteiger partial charge in [0.25, 0.3) is 15.9 Å². The maximum Gasteiger partial charge on any atom is 0.339 e. The van der Waals surface area contributed by atoms with Gasteiger partial charge >= 0.3 is 5.97 Å². The third-order valence-corrected chi connectivity index (χ3v) is 4.08. The van der Waals surface area contributed by atoms with E-state index in [1.54, 1.807) is 12.1 Å². The quantitative estimate of drug-likeness (QED) is 0.607. The lowest BCUT2D eigenvalue weighted by atomic mass is 10.2. The van der Waals surface area contributed by atoms with Crippen molar-refractivity contribution in [1.29, 1.82) is 0 Å². The fraction of sp³-hybridized carbons (Fsp3) is 0.0714. The van der Waals surface area contributed by atoms with Crippen molar-refractivity contribution in [3.63, 3.8) is 0 Å². The van der Waals surface area contributed by atoms with Crippen LogP contribution in [0.25, 0.3) is 0 Å². The molecule has 0 fully saturated rings. The van der Waals surface area contributed by atoms with Crippen molar-refractivity contribution < 1.29 is 22.7 Å². The Kier molecular flexibility index (Phi) is 5.04. The second kappa shape index (κ2) is 6.99. The third-order valence-electron chi connectivity index (χ3n) is 2.78. The Labute approximate surface area is 132 Å². The molecule has 0 aliphatic rings. The lowest BCUT2D eigenvalue weighted by molar-refractivity contribution is 0.0596. The van der Waals surface area contributed by atoms with Crippen molar-refractivity contribution in [3.8, 4) is 0 Å². The number of hydrogen-bond donors (Lipinski definition) is 2. The zero-order chi connectivity index (χ0) is 16.9. The Morgan fingerprint density at radius 1 is 1.09 bits per heavy atom. The second-order valence-electron chi connectivity index (χ2n) is 4.26. The molecule has 0 saturated heterocycles. The third kappa shape index (κ3) is 3.90. The van der Waals surface area contributed by atoms with Gasteiger partial charge in [0.15, 0.2) is 0 Å². The first-order valence-corrected chi connectivity index (χ1v) is 7.84. The molecular weight excluding hydrogens is 322 g/mol. The van der Waals surface area contributed by atoms with Gasteiger partial charge in [-0.05, 0) is 24.3 Å². The van der Waals surface area contributed by atoms with E-state index in [1.165, 1.54) is 36.5 Å². The summed E-state index contributed by atoms with van der Waals surface area (Å²) in [4.78, 5) is 28.8. The molecule has 0 bridgehead atoms. The molecule has 0 saturated carbocycles. The number of carbonyl (C=O) groups excluding carboxylic acids is 2. The highest BCUT2D eigenvalue weighted by atomic mass is 32.2. The Morgan fingerprint density at radius 2 is 1.78 bits per heavy atom. The summed E-state index contributed by atoms with van der Waals surface area (Å²) in [6, 6.07) is 10.1. The topological polar surface area (TPSA) is 114 Å². The van der Waals surface area contributed by atoms with Crippen molar-refractivity contribution in [2.45, 2.75) is 4.90 Å². The van der Waals surface area contributed by atoms with Crippen LogP contribution < -0.4 is 10.3 Å². The molecule has 8 nitrogen and oxygen atoms in total. The number of rotatable bonds is 5. The number of pyridine rings is 1. The molecule has 1 heterocycles. The molecule has 1 aromatic heterocycles. The fourth-order valence-corrected chi connectivity index (χ4v) is 2.74. The maximum absolute atomic E-state index is 12.3. The van der Waals surface area contributed by atoms with Gasteiger partial charge < -0.3 is 4.74 Å². The Morgan fingerprint density at radius 3 is 2.43 bits per heavy atom. The largest absolute Gasteiger partial charge is 0.465 e. The van der Waals surface area contributed by atoms with Crippen LogP contribution >= 0.6 is 0 Å². The average Bonchev–Trinajstić information content (AvgIpc) is 2.59. The van der Waals surface area contributed by atoms with Gasteiger partial charge in [-0.25, -0.2) is 13.2 Å². The fourth-order valence-electron chi connectivity index (χ4n) is 1.71. The van der Waals surface area contributed by atoms with Gasteiger partial charge in [0.05, 0.1) is 17.6 Å². The lowest BCUT2D eigenvalue weighted by Gasteiger charge is -2.10. The summed E-state index contributed by atoms with van der Waals surface area (Å²) in [7, 11) is -3.02. The van der Waals surface area contributed by atoms with E-state index in [-0.39, 0.29) is 16.2 Å². The molecule has 1 amide bonds. The molecule has 23 heavy (non-hydrogen) atoms. The van der Waals surface area contributed by atoms with E-state index in [0.717, 1.165) is 7.11 Å². The molecular formula is C14H13N3O5S. The standard InChI is InChI=1S/C14H13N3O5S/c1-22-14(19)10-6-2-3-8-12(10)23(20,21)17-16-13(18)11-7-4-5-9-15-11/h2-9,17H,1H3,(H,16,18). The first-order chi connectivity index (χ1) is 11.0. The van der Waals surface area contributed by atoms with Crippen LogP contribution in [0.3, 0.4) is 0 Å². The molecule has 2 N–H and O–H groups in total. The molecule has 2 aromatic rings. The number of amides is 1. The van der Waals surface area contributed by atoms with Crippen LogP contribution in [-0.2, 0) is 14.8 Å². The van der Waals surface area contributed by atoms with Gasteiger partial charge in [-0.2, -0.15) is 0 Å². The van der Waals surface area contributed by atoms with E-state index in [0.29, 0.717) is 0 Å². The smallest absolute Gasteiger partial charge is 0.339 e. The van der Waals surface area contributed by atoms with E-state index in [4.69, 9.17) is 0 Å². The summed E-state index contributed by atoms with van der Waals surface area (Å²) in [5.41, 5.74) is 1.92. The van der Waals surface area contributed by atoms with Crippen LogP contribution in [0.1, 0.15) is 20.8 Å². The molecule has 1 aromatic carbocycles. The average molecular weight is 335 g/mol. The van der Waals surface area contributed by atoms with Crippen molar-refractivity contribution in [2.24, 2.45) is 0 Å². The molecule has 0 radical (unpaired) electrons. The molecule has 0 spiro atoms. The molecule has 120 valence electrons. The lowest BCUT2D eigenvalue weighted by Crippen LogP contribution is -2.42. The van der Waals surface area contributed by atoms with E-state index in [9.17, 15) is 18.0 Å². The molecule has 0 unspecified atom stereocenters. The van der Waals surface area contributed by atoms with Crippen LogP contribution in [0, 0.1) is 0 Å². The number of nitrogens with one attached hydrogen (secondary N) is 2. The number of aromatic nitrogens is 1. The van der Waals surface area contributed by atoms with Crippen molar-refractivity contribution in [3.05, 3.63) is 59.9 Å². The first kappa shape index (κ1) is 16.6. The Balaban J connectivity index is 2.20. The number of ether oxygens (including phenoxy) is 1. The summed E-state index contributed by atoms with van der Waals surface area (Å²) in [5.74, 6) is -1.54. The minimum atomic E-state index is -4.16. The number of hydrazine groups is 1. The zero-order valence-corrected chi connectivity index (χ0v) is 12.8. The summed E-state index contributed by atoms with van der Waals surface area (Å²) < 4.78 is 29.0. The number of sulfonamides is 1. The minimum absolute atomic E-state index is 0.0384. The van der Waals surface area contributed by atoms with Crippen LogP contribution in [0.5, 0.6) is 0 Å². The van der Waals surface area contributed by atoms with Crippen LogP contribution in [0.4, 0.5) is 0 Å². The van der Waals surface area contributed by atoms with Crippen LogP contribution in [0.15, 0.2) is 53.6 Å². The Bertz CT molecular complexity index is 821.